The zero-order valence-corrected chi connectivity index (χ0v) is 11.9. The Labute approximate surface area is 110 Å². The summed E-state index contributed by atoms with van der Waals surface area (Å²) in [6.45, 7) is 11.7. The first kappa shape index (κ1) is 16.2. The quantitative estimate of drug-likeness (QED) is 0.648. The monoisotopic (exact) mass is 249 g/mol. The summed E-state index contributed by atoms with van der Waals surface area (Å²) in [5.74, 6) is 0.154. The van der Waals surface area contributed by atoms with Crippen LogP contribution in [-0.4, -0.2) is 13.0 Å². The van der Waals surface area contributed by atoms with Crippen LogP contribution in [0.4, 0.5) is 5.69 Å². The van der Waals surface area contributed by atoms with Gasteiger partial charge in [0.05, 0.1) is 7.11 Å². The van der Waals surface area contributed by atoms with E-state index in [2.05, 4.69) is 25.7 Å². The lowest BCUT2D eigenvalue weighted by atomic mass is 10.0. The Bertz CT molecular complexity index is 397. The van der Waals surface area contributed by atoms with Crippen molar-refractivity contribution in [1.82, 2.24) is 0 Å². The molecule has 0 spiro atoms. The molecule has 0 atom stereocenters. The van der Waals surface area contributed by atoms with Gasteiger partial charge in [0.1, 0.15) is 0 Å². The lowest BCUT2D eigenvalue weighted by Gasteiger charge is -2.13. The predicted octanol–water partition coefficient (Wildman–Crippen LogP) is 3.93. The summed E-state index contributed by atoms with van der Waals surface area (Å²) in [4.78, 5) is 11.6. The standard InChI is InChI=1S/C13H17NO2.C2H6/c1-9(2)11-7-5-6-8-12(11)14-13(15)10(3)16-4;1-2/h5-9H,3H2,1-2,4H3,(H,14,15);1-2H3. The Kier molecular flexibility index (Phi) is 7.52. The highest BCUT2D eigenvalue weighted by Crippen LogP contribution is 2.23. The van der Waals surface area contributed by atoms with Crippen LogP contribution in [0.5, 0.6) is 0 Å². The van der Waals surface area contributed by atoms with E-state index in [-0.39, 0.29) is 11.7 Å². The van der Waals surface area contributed by atoms with Gasteiger partial charge in [0, 0.05) is 5.69 Å². The Morgan fingerprint density at radius 1 is 1.28 bits per heavy atom. The van der Waals surface area contributed by atoms with E-state index in [4.69, 9.17) is 4.74 Å². The Balaban J connectivity index is 0.00000137. The second kappa shape index (κ2) is 8.34. The molecule has 0 aliphatic rings. The zero-order valence-electron chi connectivity index (χ0n) is 11.9. The van der Waals surface area contributed by atoms with Crippen molar-refractivity contribution in [2.45, 2.75) is 33.6 Å². The largest absolute Gasteiger partial charge is 0.492 e. The first-order chi connectivity index (χ1) is 8.56. The molecule has 0 bridgehead atoms. The highest BCUT2D eigenvalue weighted by atomic mass is 16.5. The highest BCUT2D eigenvalue weighted by Gasteiger charge is 2.11. The van der Waals surface area contributed by atoms with Gasteiger partial charge in [-0.3, -0.25) is 4.79 Å². The molecule has 0 aromatic heterocycles. The molecule has 0 unspecified atom stereocenters. The number of nitrogens with one attached hydrogen (secondary N) is 1. The molecule has 1 aromatic carbocycles. The van der Waals surface area contributed by atoms with E-state index in [0.29, 0.717) is 5.92 Å². The maximum Gasteiger partial charge on any atom is 0.290 e. The van der Waals surface area contributed by atoms with E-state index >= 15 is 0 Å². The number of amides is 1. The molecule has 0 radical (unpaired) electrons. The van der Waals surface area contributed by atoms with Gasteiger partial charge in [-0.05, 0) is 17.5 Å². The zero-order chi connectivity index (χ0) is 14.1. The lowest BCUT2D eigenvalue weighted by Crippen LogP contribution is -2.16. The van der Waals surface area contributed by atoms with E-state index in [9.17, 15) is 4.79 Å². The topological polar surface area (TPSA) is 38.3 Å². The second-order valence-electron chi connectivity index (χ2n) is 3.82. The molecule has 3 nitrogen and oxygen atoms in total. The van der Waals surface area contributed by atoms with Crippen molar-refractivity contribution in [2.75, 3.05) is 12.4 Å². The molecular weight excluding hydrogens is 226 g/mol. The first-order valence-electron chi connectivity index (χ1n) is 6.19. The summed E-state index contributed by atoms with van der Waals surface area (Å²) in [6, 6.07) is 7.71. The number of hydrogen-bond donors (Lipinski definition) is 1. The average molecular weight is 249 g/mol. The molecule has 1 amide bonds. The highest BCUT2D eigenvalue weighted by molar-refractivity contribution is 6.02. The molecule has 100 valence electrons. The maximum atomic E-state index is 11.6. The van der Waals surface area contributed by atoms with Crippen LogP contribution < -0.4 is 5.32 Å². The van der Waals surface area contributed by atoms with Gasteiger partial charge in [-0.2, -0.15) is 0 Å². The number of para-hydroxylation sites is 1. The van der Waals surface area contributed by atoms with Gasteiger partial charge in [-0.25, -0.2) is 0 Å². The van der Waals surface area contributed by atoms with E-state index in [1.165, 1.54) is 7.11 Å². The van der Waals surface area contributed by atoms with Crippen LogP contribution in [0.15, 0.2) is 36.6 Å². The van der Waals surface area contributed by atoms with Gasteiger partial charge in [0.15, 0.2) is 5.76 Å². The molecule has 0 saturated heterocycles. The number of carbonyl (C=O) groups excluding carboxylic acids is 1. The van der Waals surface area contributed by atoms with E-state index in [1.807, 2.05) is 38.1 Å². The van der Waals surface area contributed by atoms with Crippen molar-refractivity contribution in [3.63, 3.8) is 0 Å². The van der Waals surface area contributed by atoms with Gasteiger partial charge in [-0.1, -0.05) is 52.5 Å². The number of rotatable bonds is 4. The Morgan fingerprint density at radius 2 is 1.83 bits per heavy atom. The maximum absolute atomic E-state index is 11.6. The molecule has 0 heterocycles. The van der Waals surface area contributed by atoms with Crippen LogP contribution in [0.3, 0.4) is 0 Å². The molecule has 3 heteroatoms. The van der Waals surface area contributed by atoms with Crippen molar-refractivity contribution in [3.05, 3.63) is 42.2 Å². The normalized spacial score (nSPS) is 9.22. The van der Waals surface area contributed by atoms with Gasteiger partial charge in [0.2, 0.25) is 0 Å². The third-order valence-corrected chi connectivity index (χ3v) is 2.33. The van der Waals surface area contributed by atoms with Crippen LogP contribution in [-0.2, 0) is 9.53 Å². The third-order valence-electron chi connectivity index (χ3n) is 2.33. The summed E-state index contributed by atoms with van der Waals surface area (Å²) < 4.78 is 4.78. The smallest absolute Gasteiger partial charge is 0.290 e. The van der Waals surface area contributed by atoms with Crippen LogP contribution >= 0.6 is 0 Å². The van der Waals surface area contributed by atoms with Crippen LogP contribution in [0, 0.1) is 0 Å². The molecule has 0 aliphatic heterocycles. The number of ether oxygens (including phenoxy) is 1. The third kappa shape index (κ3) is 4.62. The molecule has 1 rings (SSSR count). The van der Waals surface area contributed by atoms with Crippen molar-refractivity contribution >= 4 is 11.6 Å². The van der Waals surface area contributed by atoms with E-state index in [0.717, 1.165) is 11.3 Å². The minimum absolute atomic E-state index is 0.110. The van der Waals surface area contributed by atoms with Crippen molar-refractivity contribution < 1.29 is 9.53 Å². The summed E-state index contributed by atoms with van der Waals surface area (Å²) in [5, 5.41) is 2.78. The molecule has 1 aromatic rings. The second-order valence-corrected chi connectivity index (χ2v) is 3.82. The SMILES string of the molecule is C=C(OC)C(=O)Nc1ccccc1C(C)C.CC. The fourth-order valence-electron chi connectivity index (χ4n) is 1.40. The van der Waals surface area contributed by atoms with E-state index in [1.54, 1.807) is 0 Å². The summed E-state index contributed by atoms with van der Waals surface area (Å²) in [6.07, 6.45) is 0. The minimum Gasteiger partial charge on any atom is -0.492 e. The fourth-order valence-corrected chi connectivity index (χ4v) is 1.40. The van der Waals surface area contributed by atoms with Gasteiger partial charge >= 0.3 is 0 Å². The van der Waals surface area contributed by atoms with Gasteiger partial charge < -0.3 is 10.1 Å². The van der Waals surface area contributed by atoms with Crippen LogP contribution in [0.1, 0.15) is 39.2 Å². The van der Waals surface area contributed by atoms with E-state index < -0.39 is 0 Å². The molecule has 0 fully saturated rings. The average Bonchev–Trinajstić information content (AvgIpc) is 2.40. The summed E-state index contributed by atoms with van der Waals surface area (Å²) >= 11 is 0. The predicted molar refractivity (Wildman–Crippen MR) is 76.7 cm³/mol. The first-order valence-corrected chi connectivity index (χ1v) is 6.19. The summed E-state index contributed by atoms with van der Waals surface area (Å²) in [7, 11) is 1.43. The van der Waals surface area contributed by atoms with Gasteiger partial charge in [0.25, 0.3) is 5.91 Å². The van der Waals surface area contributed by atoms with Crippen LogP contribution in [0.2, 0.25) is 0 Å². The Morgan fingerprint density at radius 3 is 2.33 bits per heavy atom. The molecular formula is C15H23NO2. The van der Waals surface area contributed by atoms with Crippen molar-refractivity contribution in [3.8, 4) is 0 Å². The number of anilines is 1. The molecule has 0 saturated carbocycles. The lowest BCUT2D eigenvalue weighted by molar-refractivity contribution is -0.115. The van der Waals surface area contributed by atoms with Gasteiger partial charge in [-0.15, -0.1) is 0 Å². The number of benzene rings is 1. The Hall–Kier alpha value is -1.77. The molecule has 18 heavy (non-hydrogen) atoms. The molecule has 0 aliphatic carbocycles. The fraction of sp³-hybridized carbons (Fsp3) is 0.400. The number of hydrogen-bond acceptors (Lipinski definition) is 2. The number of carbonyl (C=O) groups is 1. The molecule has 1 N–H and O–H groups in total. The number of methoxy groups -OCH3 is 1. The van der Waals surface area contributed by atoms with Crippen LogP contribution in [0.25, 0.3) is 0 Å². The van der Waals surface area contributed by atoms with Crippen molar-refractivity contribution in [2.24, 2.45) is 0 Å². The van der Waals surface area contributed by atoms with Crippen molar-refractivity contribution in [1.29, 1.82) is 0 Å². The summed E-state index contributed by atoms with van der Waals surface area (Å²) in [5.41, 5.74) is 1.90. The minimum atomic E-state index is -0.310.